The molecule has 1 aromatic heterocycles. The van der Waals surface area contributed by atoms with Gasteiger partial charge in [-0.25, -0.2) is 4.39 Å². The van der Waals surface area contributed by atoms with Crippen LogP contribution in [0.3, 0.4) is 0 Å². The lowest BCUT2D eigenvalue weighted by Crippen LogP contribution is -2.26. The Labute approximate surface area is 117 Å². The average Bonchev–Trinajstić information content (AvgIpc) is 2.45. The summed E-state index contributed by atoms with van der Waals surface area (Å²) >= 11 is 0. The Balaban J connectivity index is 1.68. The van der Waals surface area contributed by atoms with E-state index in [2.05, 4.69) is 10.3 Å². The monoisotopic (exact) mass is 272 g/mol. The quantitative estimate of drug-likeness (QED) is 0.821. The van der Waals surface area contributed by atoms with E-state index in [1.807, 2.05) is 18.2 Å². The van der Waals surface area contributed by atoms with Crippen LogP contribution in [-0.4, -0.2) is 17.4 Å². The van der Waals surface area contributed by atoms with Gasteiger partial charge < -0.3 is 5.32 Å². The van der Waals surface area contributed by atoms with Crippen LogP contribution in [0, 0.1) is 5.82 Å². The maximum atomic E-state index is 13.0. The normalized spacial score (nSPS) is 10.2. The molecule has 0 aliphatic rings. The smallest absolute Gasteiger partial charge is 0.224 e. The lowest BCUT2D eigenvalue weighted by Gasteiger charge is -2.05. The van der Waals surface area contributed by atoms with Crippen LogP contribution in [0.2, 0.25) is 0 Å². The minimum absolute atomic E-state index is 0.0865. The Hall–Kier alpha value is -2.23. The fourth-order valence-electron chi connectivity index (χ4n) is 1.94. The first-order chi connectivity index (χ1) is 9.74. The van der Waals surface area contributed by atoms with Gasteiger partial charge in [0.15, 0.2) is 0 Å². The van der Waals surface area contributed by atoms with E-state index >= 15 is 0 Å². The summed E-state index contributed by atoms with van der Waals surface area (Å²) in [4.78, 5) is 15.9. The summed E-state index contributed by atoms with van der Waals surface area (Å²) in [5.74, 6) is -0.401. The van der Waals surface area contributed by atoms with Crippen LogP contribution in [0.4, 0.5) is 4.39 Å². The average molecular weight is 272 g/mol. The molecule has 0 bridgehead atoms. The van der Waals surface area contributed by atoms with Crippen molar-refractivity contribution in [3.8, 4) is 0 Å². The van der Waals surface area contributed by atoms with E-state index in [1.54, 1.807) is 18.3 Å². The molecule has 4 heteroatoms. The molecule has 0 aliphatic carbocycles. The Kier molecular flexibility index (Phi) is 5.24. The van der Waals surface area contributed by atoms with Crippen LogP contribution >= 0.6 is 0 Å². The highest BCUT2D eigenvalue weighted by molar-refractivity contribution is 5.78. The molecule has 2 rings (SSSR count). The third kappa shape index (κ3) is 4.80. The second-order valence-corrected chi connectivity index (χ2v) is 4.58. The number of nitrogens with zero attached hydrogens (tertiary/aromatic N) is 1. The molecule has 1 heterocycles. The van der Waals surface area contributed by atoms with Crippen molar-refractivity contribution in [2.75, 3.05) is 6.54 Å². The van der Waals surface area contributed by atoms with Crippen LogP contribution in [0.5, 0.6) is 0 Å². The van der Waals surface area contributed by atoms with Gasteiger partial charge in [0.25, 0.3) is 0 Å². The van der Waals surface area contributed by atoms with Gasteiger partial charge in [-0.15, -0.1) is 0 Å². The van der Waals surface area contributed by atoms with Crippen molar-refractivity contribution in [2.45, 2.75) is 19.3 Å². The molecule has 0 fully saturated rings. The van der Waals surface area contributed by atoms with E-state index in [9.17, 15) is 9.18 Å². The number of nitrogens with one attached hydrogen (secondary N) is 1. The number of halogens is 1. The van der Waals surface area contributed by atoms with Crippen molar-refractivity contribution in [2.24, 2.45) is 0 Å². The summed E-state index contributed by atoms with van der Waals surface area (Å²) in [6.07, 6.45) is 3.65. The van der Waals surface area contributed by atoms with Gasteiger partial charge in [-0.05, 0) is 42.7 Å². The maximum Gasteiger partial charge on any atom is 0.224 e. The van der Waals surface area contributed by atoms with Crippen molar-refractivity contribution in [1.82, 2.24) is 10.3 Å². The predicted octanol–water partition coefficient (Wildman–Crippen LogP) is 2.51. The fraction of sp³-hybridized carbons (Fsp3) is 0.250. The number of carbonyl (C=O) groups excluding carboxylic acids is 1. The Bertz CT molecular complexity index is 557. The molecule has 1 amide bonds. The highest BCUT2D eigenvalue weighted by Crippen LogP contribution is 2.04. The molecule has 0 atom stereocenters. The highest BCUT2D eigenvalue weighted by Gasteiger charge is 2.03. The molecule has 1 aromatic carbocycles. The van der Waals surface area contributed by atoms with E-state index in [0.717, 1.165) is 18.5 Å². The zero-order valence-electron chi connectivity index (χ0n) is 11.2. The van der Waals surface area contributed by atoms with Crippen LogP contribution in [0.1, 0.15) is 17.7 Å². The number of hydrogen-bond donors (Lipinski definition) is 1. The molecule has 0 radical (unpaired) electrons. The van der Waals surface area contributed by atoms with Crippen molar-refractivity contribution in [1.29, 1.82) is 0 Å². The number of pyridine rings is 1. The SMILES string of the molecule is O=C(Cc1cccc(F)c1)NCCCc1ccccn1. The topological polar surface area (TPSA) is 42.0 Å². The number of amides is 1. The maximum absolute atomic E-state index is 13.0. The lowest BCUT2D eigenvalue weighted by atomic mass is 10.1. The van der Waals surface area contributed by atoms with Gasteiger partial charge >= 0.3 is 0 Å². The minimum atomic E-state index is -0.314. The Morgan fingerprint density at radius 1 is 1.20 bits per heavy atom. The van der Waals surface area contributed by atoms with Crippen molar-refractivity contribution in [3.05, 3.63) is 65.7 Å². The number of aryl methyl sites for hydroxylation is 1. The number of hydrogen-bond acceptors (Lipinski definition) is 2. The molecule has 104 valence electrons. The molecule has 20 heavy (non-hydrogen) atoms. The predicted molar refractivity (Wildman–Crippen MR) is 75.7 cm³/mol. The van der Waals surface area contributed by atoms with Gasteiger partial charge in [0.05, 0.1) is 6.42 Å². The molecule has 2 aromatic rings. The second-order valence-electron chi connectivity index (χ2n) is 4.58. The number of aromatic nitrogens is 1. The molecular formula is C16H17FN2O. The second kappa shape index (κ2) is 7.38. The molecule has 1 N–H and O–H groups in total. The third-order valence-electron chi connectivity index (χ3n) is 2.91. The number of rotatable bonds is 6. The summed E-state index contributed by atoms with van der Waals surface area (Å²) in [5, 5.41) is 2.83. The molecule has 0 spiro atoms. The van der Waals surface area contributed by atoms with Gasteiger partial charge in [0.1, 0.15) is 5.82 Å². The Morgan fingerprint density at radius 2 is 2.10 bits per heavy atom. The zero-order chi connectivity index (χ0) is 14.2. The van der Waals surface area contributed by atoms with Gasteiger partial charge in [-0.2, -0.15) is 0 Å². The zero-order valence-corrected chi connectivity index (χ0v) is 11.2. The summed E-state index contributed by atoms with van der Waals surface area (Å²) in [6, 6.07) is 11.9. The molecule has 0 aliphatic heterocycles. The van der Waals surface area contributed by atoms with E-state index in [4.69, 9.17) is 0 Å². The van der Waals surface area contributed by atoms with Crippen LogP contribution in [0.15, 0.2) is 48.7 Å². The van der Waals surface area contributed by atoms with E-state index in [-0.39, 0.29) is 18.1 Å². The van der Waals surface area contributed by atoms with Gasteiger partial charge in [-0.1, -0.05) is 18.2 Å². The number of benzene rings is 1. The summed E-state index contributed by atoms with van der Waals surface area (Å²) in [6.45, 7) is 0.602. The van der Waals surface area contributed by atoms with Crippen molar-refractivity contribution < 1.29 is 9.18 Å². The van der Waals surface area contributed by atoms with Crippen molar-refractivity contribution in [3.63, 3.8) is 0 Å². The van der Waals surface area contributed by atoms with Gasteiger partial charge in [-0.3, -0.25) is 9.78 Å². The lowest BCUT2D eigenvalue weighted by molar-refractivity contribution is -0.120. The van der Waals surface area contributed by atoms with Crippen LogP contribution in [0.25, 0.3) is 0 Å². The van der Waals surface area contributed by atoms with Crippen LogP contribution in [-0.2, 0) is 17.6 Å². The van der Waals surface area contributed by atoms with Crippen LogP contribution < -0.4 is 5.32 Å². The molecule has 0 unspecified atom stereocenters. The summed E-state index contributed by atoms with van der Waals surface area (Å²) < 4.78 is 13.0. The molecule has 0 saturated heterocycles. The third-order valence-corrected chi connectivity index (χ3v) is 2.91. The minimum Gasteiger partial charge on any atom is -0.356 e. The van der Waals surface area contributed by atoms with E-state index in [0.29, 0.717) is 12.1 Å². The summed E-state index contributed by atoms with van der Waals surface area (Å²) in [5.41, 5.74) is 1.71. The van der Waals surface area contributed by atoms with Gasteiger partial charge in [0, 0.05) is 18.4 Å². The Morgan fingerprint density at radius 3 is 2.85 bits per heavy atom. The first-order valence-electron chi connectivity index (χ1n) is 6.65. The largest absolute Gasteiger partial charge is 0.356 e. The van der Waals surface area contributed by atoms with Gasteiger partial charge in [0.2, 0.25) is 5.91 Å². The fourth-order valence-corrected chi connectivity index (χ4v) is 1.94. The van der Waals surface area contributed by atoms with E-state index < -0.39 is 0 Å². The highest BCUT2D eigenvalue weighted by atomic mass is 19.1. The summed E-state index contributed by atoms with van der Waals surface area (Å²) in [7, 11) is 0. The molecular weight excluding hydrogens is 255 g/mol. The first-order valence-corrected chi connectivity index (χ1v) is 6.65. The molecule has 3 nitrogen and oxygen atoms in total. The number of carbonyl (C=O) groups is 1. The standard InChI is InChI=1S/C16H17FN2O/c17-14-6-3-5-13(11-14)12-16(20)19-10-4-8-15-7-1-2-9-18-15/h1-3,5-7,9,11H,4,8,10,12H2,(H,19,20). The van der Waals surface area contributed by atoms with Crippen molar-refractivity contribution >= 4 is 5.91 Å². The molecule has 0 saturated carbocycles. The first kappa shape index (κ1) is 14.2. The van der Waals surface area contributed by atoms with E-state index in [1.165, 1.54) is 12.1 Å².